The van der Waals surface area contributed by atoms with Gasteiger partial charge in [0.15, 0.2) is 0 Å². The first kappa shape index (κ1) is 18.5. The molecule has 2 heterocycles. The van der Waals surface area contributed by atoms with Gasteiger partial charge >= 0.3 is 0 Å². The van der Waals surface area contributed by atoms with E-state index < -0.39 is 12.3 Å². The van der Waals surface area contributed by atoms with Crippen LogP contribution in [0.5, 0.6) is 5.75 Å². The Morgan fingerprint density at radius 2 is 2.00 bits per heavy atom. The third-order valence-corrected chi connectivity index (χ3v) is 4.45. The van der Waals surface area contributed by atoms with E-state index in [9.17, 15) is 9.50 Å². The number of halogens is 1. The predicted octanol–water partition coefficient (Wildman–Crippen LogP) is 1.90. The number of anilines is 1. The molecule has 0 bridgehead atoms. The smallest absolute Gasteiger partial charge is 0.225 e. The maximum atomic E-state index is 12.1. The minimum atomic E-state index is -0.780. The van der Waals surface area contributed by atoms with E-state index in [0.717, 1.165) is 12.1 Å². The van der Waals surface area contributed by atoms with E-state index in [1.807, 2.05) is 36.2 Å². The first-order valence-corrected chi connectivity index (χ1v) is 8.79. The SMILES string of the molecule is CN(Cc1ccc(OCCF)cc1)C[C@@]1(O)CCN(c2ncccn2)C1. The molecule has 0 saturated carbocycles. The van der Waals surface area contributed by atoms with E-state index in [4.69, 9.17) is 4.74 Å². The molecule has 0 spiro atoms. The molecule has 0 aliphatic carbocycles. The van der Waals surface area contributed by atoms with Crippen LogP contribution in [0.1, 0.15) is 12.0 Å². The Kier molecular flexibility index (Phi) is 6.00. The van der Waals surface area contributed by atoms with Gasteiger partial charge < -0.3 is 14.7 Å². The van der Waals surface area contributed by atoms with Crippen molar-refractivity contribution in [2.45, 2.75) is 18.6 Å². The van der Waals surface area contributed by atoms with Crippen molar-refractivity contribution in [3.63, 3.8) is 0 Å². The van der Waals surface area contributed by atoms with Gasteiger partial charge in [-0.2, -0.15) is 0 Å². The molecule has 140 valence electrons. The van der Waals surface area contributed by atoms with Crippen LogP contribution in [0.25, 0.3) is 0 Å². The summed E-state index contributed by atoms with van der Waals surface area (Å²) in [4.78, 5) is 12.6. The first-order valence-electron chi connectivity index (χ1n) is 8.79. The number of ether oxygens (including phenoxy) is 1. The van der Waals surface area contributed by atoms with Crippen LogP contribution in [0.3, 0.4) is 0 Å². The summed E-state index contributed by atoms with van der Waals surface area (Å²) < 4.78 is 17.4. The summed E-state index contributed by atoms with van der Waals surface area (Å²) in [5, 5.41) is 10.9. The summed E-state index contributed by atoms with van der Waals surface area (Å²) in [6, 6.07) is 9.41. The zero-order valence-corrected chi connectivity index (χ0v) is 15.0. The Morgan fingerprint density at radius 3 is 2.69 bits per heavy atom. The molecule has 1 aromatic carbocycles. The van der Waals surface area contributed by atoms with Crippen LogP contribution in [0.15, 0.2) is 42.7 Å². The van der Waals surface area contributed by atoms with Gasteiger partial charge in [0.1, 0.15) is 19.0 Å². The Balaban J connectivity index is 1.52. The minimum absolute atomic E-state index is 0.0773. The number of aliphatic hydroxyl groups is 1. The fourth-order valence-corrected chi connectivity index (χ4v) is 3.33. The van der Waals surface area contributed by atoms with Gasteiger partial charge in [-0.25, -0.2) is 14.4 Å². The normalized spacial score (nSPS) is 19.9. The van der Waals surface area contributed by atoms with Gasteiger partial charge in [0, 0.05) is 32.0 Å². The Hall–Kier alpha value is -2.25. The van der Waals surface area contributed by atoms with E-state index in [1.165, 1.54) is 0 Å². The zero-order chi connectivity index (χ0) is 18.4. The maximum absolute atomic E-state index is 12.1. The van der Waals surface area contributed by atoms with Gasteiger partial charge in [0.25, 0.3) is 0 Å². The molecule has 1 fully saturated rings. The third-order valence-electron chi connectivity index (χ3n) is 4.45. The molecule has 1 aromatic heterocycles. The molecule has 6 nitrogen and oxygen atoms in total. The van der Waals surface area contributed by atoms with Crippen LogP contribution in [0.2, 0.25) is 0 Å². The maximum Gasteiger partial charge on any atom is 0.225 e. The average Bonchev–Trinajstić information content (AvgIpc) is 3.03. The van der Waals surface area contributed by atoms with Crippen molar-refractivity contribution in [2.75, 3.05) is 44.9 Å². The van der Waals surface area contributed by atoms with Gasteiger partial charge in [0.05, 0.1) is 12.1 Å². The average molecular weight is 360 g/mol. The molecule has 0 unspecified atom stereocenters. The van der Waals surface area contributed by atoms with Crippen LogP contribution in [0.4, 0.5) is 10.3 Å². The summed E-state index contributed by atoms with van der Waals surface area (Å²) in [6.45, 7) is 2.14. The van der Waals surface area contributed by atoms with E-state index in [-0.39, 0.29) is 6.61 Å². The number of rotatable bonds is 8. The van der Waals surface area contributed by atoms with E-state index in [0.29, 0.717) is 37.8 Å². The topological polar surface area (TPSA) is 61.7 Å². The highest BCUT2D eigenvalue weighted by Crippen LogP contribution is 2.25. The van der Waals surface area contributed by atoms with Gasteiger partial charge in [0.2, 0.25) is 5.95 Å². The van der Waals surface area contributed by atoms with Gasteiger partial charge in [-0.15, -0.1) is 0 Å². The molecule has 1 saturated heterocycles. The Bertz CT molecular complexity index is 686. The number of aromatic nitrogens is 2. The summed E-state index contributed by atoms with van der Waals surface area (Å²) in [7, 11) is 1.99. The number of β-amino-alcohol motifs (C(OH)–C–C–N with tert-alkyl or cyclic N) is 1. The molecule has 0 radical (unpaired) electrons. The number of hydrogen-bond acceptors (Lipinski definition) is 6. The van der Waals surface area contributed by atoms with E-state index in [2.05, 4.69) is 14.9 Å². The highest BCUT2D eigenvalue weighted by atomic mass is 19.1. The second kappa shape index (κ2) is 8.42. The standard InChI is InChI=1S/C19H25FN4O2/c1-23(13-16-3-5-17(6-4-16)26-12-8-20)14-19(25)7-11-24(15-19)18-21-9-2-10-22-18/h2-6,9-10,25H,7-8,11-15H2,1H3/t19-/m0/s1. The molecule has 1 atom stereocenters. The lowest BCUT2D eigenvalue weighted by Crippen LogP contribution is -2.43. The number of likely N-dealkylation sites (N-methyl/N-ethyl adjacent to an activating group) is 1. The van der Waals surface area contributed by atoms with Crippen LogP contribution in [0, 0.1) is 0 Å². The summed E-state index contributed by atoms with van der Waals surface area (Å²) in [5.74, 6) is 1.33. The van der Waals surface area contributed by atoms with Crippen molar-refractivity contribution in [1.29, 1.82) is 0 Å². The minimum Gasteiger partial charge on any atom is -0.491 e. The molecular weight excluding hydrogens is 335 g/mol. The summed E-state index contributed by atoms with van der Waals surface area (Å²) in [6.07, 6.45) is 4.12. The number of benzene rings is 1. The molecule has 1 aliphatic rings. The van der Waals surface area contributed by atoms with Crippen molar-refractivity contribution >= 4 is 5.95 Å². The zero-order valence-electron chi connectivity index (χ0n) is 15.0. The highest BCUT2D eigenvalue weighted by Gasteiger charge is 2.37. The lowest BCUT2D eigenvalue weighted by atomic mass is 10.0. The second-order valence-electron chi connectivity index (χ2n) is 6.80. The molecule has 0 amide bonds. The fraction of sp³-hybridized carbons (Fsp3) is 0.474. The molecule has 3 rings (SSSR count). The van der Waals surface area contributed by atoms with Crippen LogP contribution in [-0.2, 0) is 6.54 Å². The second-order valence-corrected chi connectivity index (χ2v) is 6.80. The van der Waals surface area contributed by atoms with Gasteiger partial charge in [-0.1, -0.05) is 12.1 Å². The van der Waals surface area contributed by atoms with Crippen molar-refractivity contribution in [2.24, 2.45) is 0 Å². The first-order chi connectivity index (χ1) is 12.6. The molecule has 26 heavy (non-hydrogen) atoms. The summed E-state index contributed by atoms with van der Waals surface area (Å²) >= 11 is 0. The van der Waals surface area contributed by atoms with Crippen LogP contribution in [-0.4, -0.2) is 65.5 Å². The van der Waals surface area contributed by atoms with Crippen molar-refractivity contribution in [3.05, 3.63) is 48.3 Å². The van der Waals surface area contributed by atoms with Gasteiger partial charge in [-0.3, -0.25) is 4.90 Å². The van der Waals surface area contributed by atoms with Crippen LogP contribution >= 0.6 is 0 Å². The van der Waals surface area contributed by atoms with E-state index in [1.54, 1.807) is 18.5 Å². The van der Waals surface area contributed by atoms with E-state index >= 15 is 0 Å². The lowest BCUT2D eigenvalue weighted by Gasteiger charge is -2.29. The Labute approximate surface area is 153 Å². The monoisotopic (exact) mass is 360 g/mol. The van der Waals surface area contributed by atoms with Crippen LogP contribution < -0.4 is 9.64 Å². The quantitative estimate of drug-likeness (QED) is 0.776. The van der Waals surface area contributed by atoms with Crippen molar-refractivity contribution in [3.8, 4) is 5.75 Å². The molecule has 7 heteroatoms. The molecular formula is C19H25FN4O2. The largest absolute Gasteiger partial charge is 0.491 e. The van der Waals surface area contributed by atoms with Gasteiger partial charge in [-0.05, 0) is 37.2 Å². The number of hydrogen-bond donors (Lipinski definition) is 1. The lowest BCUT2D eigenvalue weighted by molar-refractivity contribution is 0.0279. The molecule has 2 aromatic rings. The number of nitrogens with zero attached hydrogens (tertiary/aromatic N) is 4. The van der Waals surface area contributed by atoms with Crippen molar-refractivity contribution in [1.82, 2.24) is 14.9 Å². The Morgan fingerprint density at radius 1 is 1.27 bits per heavy atom. The third kappa shape index (κ3) is 4.89. The molecule has 1 N–H and O–H groups in total. The summed E-state index contributed by atoms with van der Waals surface area (Å²) in [5.41, 5.74) is 0.336. The predicted molar refractivity (Wildman–Crippen MR) is 98.1 cm³/mol. The fourth-order valence-electron chi connectivity index (χ4n) is 3.33. The van der Waals surface area contributed by atoms with Crippen molar-refractivity contribution < 1.29 is 14.2 Å². The highest BCUT2D eigenvalue weighted by molar-refractivity contribution is 5.32. The number of alkyl halides is 1. The molecule has 1 aliphatic heterocycles.